The van der Waals surface area contributed by atoms with Crippen molar-refractivity contribution in [3.8, 4) is 11.5 Å². The monoisotopic (exact) mass is 405 g/mol. The quantitative estimate of drug-likeness (QED) is 0.829. The van der Waals surface area contributed by atoms with Gasteiger partial charge < -0.3 is 9.84 Å². The summed E-state index contributed by atoms with van der Waals surface area (Å²) >= 11 is 3.12. The van der Waals surface area contributed by atoms with Crippen LogP contribution in [0.5, 0.6) is 11.5 Å². The molecule has 3 rings (SSSR count). The van der Waals surface area contributed by atoms with Crippen molar-refractivity contribution < 1.29 is 27.0 Å². The van der Waals surface area contributed by atoms with E-state index < -0.39 is 26.8 Å². The van der Waals surface area contributed by atoms with Gasteiger partial charge in [0.15, 0.2) is 0 Å². The number of ether oxygens (including phenoxy) is 1. The molecule has 2 aromatic rings. The maximum absolute atomic E-state index is 14.4. The van der Waals surface area contributed by atoms with Gasteiger partial charge in [-0.05, 0) is 35.0 Å². The third kappa shape index (κ3) is 2.34. The first kappa shape index (κ1) is 16.3. The molecule has 2 heterocycles. The van der Waals surface area contributed by atoms with Crippen molar-refractivity contribution in [2.75, 3.05) is 0 Å². The van der Waals surface area contributed by atoms with Gasteiger partial charge in [0.1, 0.15) is 23.4 Å². The smallest absolute Gasteiger partial charge is 0.242 e. The Morgan fingerprint density at radius 3 is 2.74 bits per heavy atom. The topological polar surface area (TPSA) is 76.5 Å². The first-order chi connectivity index (χ1) is 10.7. The number of hydrogen-bond acceptors (Lipinski definition) is 5. The first-order valence-electron chi connectivity index (χ1n) is 6.38. The molecular formula is C14H10BrF2NO4S. The number of halogens is 3. The third-order valence-electron chi connectivity index (χ3n) is 3.59. The Morgan fingerprint density at radius 2 is 2.09 bits per heavy atom. The van der Waals surface area contributed by atoms with E-state index in [9.17, 15) is 22.3 Å². The molecule has 0 amide bonds. The molecule has 1 unspecified atom stereocenters. The van der Waals surface area contributed by atoms with Crippen LogP contribution in [0.1, 0.15) is 18.6 Å². The highest BCUT2D eigenvalue weighted by molar-refractivity contribution is 9.10. The minimum Gasteiger partial charge on any atom is -0.454 e. The number of fused-ring (bicyclic) bond motifs is 1. The molecule has 1 aromatic heterocycles. The van der Waals surface area contributed by atoms with Gasteiger partial charge in [0, 0.05) is 11.6 Å². The minimum atomic E-state index is -4.33. The summed E-state index contributed by atoms with van der Waals surface area (Å²) < 4.78 is 57.3. The lowest BCUT2D eigenvalue weighted by molar-refractivity contribution is 0.0643. The van der Waals surface area contributed by atoms with E-state index >= 15 is 0 Å². The predicted octanol–water partition coefficient (Wildman–Crippen LogP) is 3.28. The molecule has 0 saturated carbocycles. The summed E-state index contributed by atoms with van der Waals surface area (Å²) in [5, 5.41) is 7.21. The largest absolute Gasteiger partial charge is 0.454 e. The molecule has 0 aliphatic carbocycles. The number of aromatic nitrogens is 1. The average Bonchev–Trinajstić information content (AvgIpc) is 2.60. The van der Waals surface area contributed by atoms with Crippen molar-refractivity contribution in [2.45, 2.75) is 22.9 Å². The standard InChI is InChI=1S/C14H10BrF2NO4S/c1-14(17)13(19)11-10(23(14,20)21)3-2-9(12(11)15)22-8-4-7(16)5-18-6-8/h2-6,13,19H,1H3/t13-,14?/m1/s1. The Labute approximate surface area is 139 Å². The van der Waals surface area contributed by atoms with Crippen molar-refractivity contribution in [3.63, 3.8) is 0 Å². The number of aliphatic hydroxyl groups is 1. The molecule has 1 N–H and O–H groups in total. The van der Waals surface area contributed by atoms with E-state index in [0.717, 1.165) is 25.3 Å². The van der Waals surface area contributed by atoms with Crippen LogP contribution in [-0.4, -0.2) is 23.5 Å². The average molecular weight is 406 g/mol. The number of benzene rings is 1. The Hall–Kier alpha value is -1.58. The normalized spacial score (nSPS) is 25.2. The molecule has 122 valence electrons. The zero-order valence-electron chi connectivity index (χ0n) is 11.6. The van der Waals surface area contributed by atoms with Gasteiger partial charge in [-0.15, -0.1) is 0 Å². The van der Waals surface area contributed by atoms with Crippen LogP contribution in [0, 0.1) is 5.82 Å². The van der Waals surface area contributed by atoms with Crippen LogP contribution in [0.25, 0.3) is 0 Å². The number of rotatable bonds is 2. The summed E-state index contributed by atoms with van der Waals surface area (Å²) in [6, 6.07) is 3.52. The van der Waals surface area contributed by atoms with Gasteiger partial charge in [-0.25, -0.2) is 17.2 Å². The van der Waals surface area contributed by atoms with Crippen molar-refractivity contribution in [2.24, 2.45) is 0 Å². The van der Waals surface area contributed by atoms with Gasteiger partial charge in [-0.3, -0.25) is 4.98 Å². The number of hydrogen-bond donors (Lipinski definition) is 1. The van der Waals surface area contributed by atoms with Crippen molar-refractivity contribution in [1.82, 2.24) is 4.98 Å². The van der Waals surface area contributed by atoms with Gasteiger partial charge in [-0.1, -0.05) is 0 Å². The summed E-state index contributed by atoms with van der Waals surface area (Å²) in [6.07, 6.45) is 0.385. The van der Waals surface area contributed by atoms with E-state index in [4.69, 9.17) is 4.74 Å². The van der Waals surface area contributed by atoms with Crippen LogP contribution in [0.3, 0.4) is 0 Å². The molecule has 23 heavy (non-hydrogen) atoms. The van der Waals surface area contributed by atoms with Crippen LogP contribution in [-0.2, 0) is 9.84 Å². The fraction of sp³-hybridized carbons (Fsp3) is 0.214. The molecule has 1 aliphatic heterocycles. The van der Waals surface area contributed by atoms with Gasteiger partial charge >= 0.3 is 0 Å². The second-order valence-corrected chi connectivity index (χ2v) is 8.16. The lowest BCUT2D eigenvalue weighted by Gasteiger charge is -2.17. The molecule has 0 spiro atoms. The first-order valence-corrected chi connectivity index (χ1v) is 8.66. The third-order valence-corrected chi connectivity index (χ3v) is 6.62. The highest BCUT2D eigenvalue weighted by Gasteiger charge is 2.56. The molecule has 0 saturated heterocycles. The fourth-order valence-corrected chi connectivity index (χ4v) is 4.69. The van der Waals surface area contributed by atoms with E-state index in [1.807, 2.05) is 0 Å². The van der Waals surface area contributed by atoms with E-state index in [1.54, 1.807) is 0 Å². The molecule has 0 fully saturated rings. The van der Waals surface area contributed by atoms with Gasteiger partial charge in [0.05, 0.1) is 21.8 Å². The molecule has 0 bridgehead atoms. The van der Waals surface area contributed by atoms with E-state index in [2.05, 4.69) is 20.9 Å². The van der Waals surface area contributed by atoms with Gasteiger partial charge in [-0.2, -0.15) is 0 Å². The number of sulfone groups is 1. The lowest BCUT2D eigenvalue weighted by Crippen LogP contribution is -2.30. The maximum atomic E-state index is 14.4. The summed E-state index contributed by atoms with van der Waals surface area (Å²) in [5.41, 5.74) is -0.128. The highest BCUT2D eigenvalue weighted by atomic mass is 79.9. The van der Waals surface area contributed by atoms with Crippen molar-refractivity contribution >= 4 is 25.8 Å². The second kappa shape index (κ2) is 5.22. The van der Waals surface area contributed by atoms with E-state index in [-0.39, 0.29) is 26.4 Å². The number of alkyl halides is 1. The van der Waals surface area contributed by atoms with Gasteiger partial charge in [0.25, 0.3) is 0 Å². The minimum absolute atomic E-state index is 0.0732. The predicted molar refractivity (Wildman–Crippen MR) is 80.1 cm³/mol. The number of nitrogens with zero attached hydrogens (tertiary/aromatic N) is 1. The summed E-state index contributed by atoms with van der Waals surface area (Å²) in [4.78, 5) is 3.31. The molecular weight excluding hydrogens is 396 g/mol. The Bertz CT molecular complexity index is 902. The second-order valence-electron chi connectivity index (χ2n) is 5.12. The fourth-order valence-electron chi connectivity index (χ4n) is 2.32. The molecule has 9 heteroatoms. The van der Waals surface area contributed by atoms with E-state index in [1.165, 1.54) is 12.3 Å². The molecule has 0 radical (unpaired) electrons. The summed E-state index contributed by atoms with van der Waals surface area (Å²) in [7, 11) is -4.33. The SMILES string of the molecule is CC1(F)[C@H](O)c2c(ccc(Oc3cncc(F)c3)c2Br)S1(=O)=O. The molecule has 1 aromatic carbocycles. The zero-order valence-corrected chi connectivity index (χ0v) is 14.0. The van der Waals surface area contributed by atoms with Crippen LogP contribution >= 0.6 is 15.9 Å². The Kier molecular flexibility index (Phi) is 3.69. The zero-order chi connectivity index (χ0) is 17.0. The van der Waals surface area contributed by atoms with Crippen LogP contribution in [0.15, 0.2) is 40.0 Å². The van der Waals surface area contributed by atoms with Crippen LogP contribution < -0.4 is 4.74 Å². The number of pyridine rings is 1. The highest BCUT2D eigenvalue weighted by Crippen LogP contribution is 2.52. The van der Waals surface area contributed by atoms with E-state index in [0.29, 0.717) is 0 Å². The maximum Gasteiger partial charge on any atom is 0.242 e. The van der Waals surface area contributed by atoms with Crippen molar-refractivity contribution in [1.29, 1.82) is 0 Å². The van der Waals surface area contributed by atoms with Crippen LogP contribution in [0.2, 0.25) is 0 Å². The Morgan fingerprint density at radius 1 is 1.39 bits per heavy atom. The summed E-state index contributed by atoms with van der Waals surface area (Å²) in [5.74, 6) is -0.439. The number of aliphatic hydroxyl groups excluding tert-OH is 1. The van der Waals surface area contributed by atoms with Gasteiger partial charge in [0.2, 0.25) is 14.8 Å². The molecule has 2 atom stereocenters. The molecule has 5 nitrogen and oxygen atoms in total. The summed E-state index contributed by atoms with van der Waals surface area (Å²) in [6.45, 7) is 0.802. The molecule has 1 aliphatic rings. The van der Waals surface area contributed by atoms with Crippen molar-refractivity contribution in [3.05, 3.63) is 46.4 Å². The van der Waals surface area contributed by atoms with Crippen LogP contribution in [0.4, 0.5) is 8.78 Å². The Balaban J connectivity index is 2.11. The lowest BCUT2D eigenvalue weighted by atomic mass is 10.1.